The van der Waals surface area contributed by atoms with Crippen LogP contribution < -0.4 is 10.6 Å². The maximum Gasteiger partial charge on any atom is 0.226 e. The van der Waals surface area contributed by atoms with Crippen LogP contribution in [0.5, 0.6) is 0 Å². The number of carbonyl (C=O) groups is 1. The lowest BCUT2D eigenvalue weighted by Crippen LogP contribution is -2.18. The van der Waals surface area contributed by atoms with Gasteiger partial charge in [0.2, 0.25) is 5.91 Å². The van der Waals surface area contributed by atoms with Gasteiger partial charge in [-0.3, -0.25) is 4.79 Å². The van der Waals surface area contributed by atoms with Crippen LogP contribution in [0.25, 0.3) is 0 Å². The molecule has 0 saturated heterocycles. The van der Waals surface area contributed by atoms with Crippen LogP contribution in [0.4, 0.5) is 5.82 Å². The quantitative estimate of drug-likeness (QED) is 0.714. The molecule has 0 spiro atoms. The topological polar surface area (TPSA) is 67.2 Å². The minimum Gasteiger partial charge on any atom is -0.360 e. The molecular weight excluding hydrogens is 170 g/mol. The number of anilines is 1. The standard InChI is InChI=1S/C8H13N3O2/c1-6-5-7(11-13-6)10-8(12)3-4-9-2/h5,9H,3-4H2,1-2H3,(H,10,11,12). The van der Waals surface area contributed by atoms with Crippen molar-refractivity contribution in [3.8, 4) is 0 Å². The monoisotopic (exact) mass is 183 g/mol. The van der Waals surface area contributed by atoms with Gasteiger partial charge in [-0.15, -0.1) is 0 Å². The van der Waals surface area contributed by atoms with Crippen LogP contribution in [0.2, 0.25) is 0 Å². The summed E-state index contributed by atoms with van der Waals surface area (Å²) in [5.41, 5.74) is 0. The number of aromatic nitrogens is 1. The average Bonchev–Trinajstić information content (AvgIpc) is 2.48. The summed E-state index contributed by atoms with van der Waals surface area (Å²) in [4.78, 5) is 11.1. The fraction of sp³-hybridized carbons (Fsp3) is 0.500. The summed E-state index contributed by atoms with van der Waals surface area (Å²) in [6, 6.07) is 1.68. The van der Waals surface area contributed by atoms with E-state index in [1.165, 1.54) is 0 Å². The van der Waals surface area contributed by atoms with Gasteiger partial charge < -0.3 is 15.2 Å². The molecule has 0 aliphatic carbocycles. The van der Waals surface area contributed by atoms with Gasteiger partial charge in [0, 0.05) is 19.0 Å². The van der Waals surface area contributed by atoms with Gasteiger partial charge in [0.15, 0.2) is 5.82 Å². The molecule has 13 heavy (non-hydrogen) atoms. The van der Waals surface area contributed by atoms with Gasteiger partial charge in [-0.05, 0) is 14.0 Å². The molecule has 5 nitrogen and oxygen atoms in total. The van der Waals surface area contributed by atoms with E-state index in [0.29, 0.717) is 24.5 Å². The summed E-state index contributed by atoms with van der Waals surface area (Å²) in [5, 5.41) is 9.14. The van der Waals surface area contributed by atoms with Crippen LogP contribution in [0.3, 0.4) is 0 Å². The summed E-state index contributed by atoms with van der Waals surface area (Å²) in [6.45, 7) is 2.43. The number of rotatable bonds is 4. The fourth-order valence-corrected chi connectivity index (χ4v) is 0.869. The second-order valence-electron chi connectivity index (χ2n) is 2.72. The number of nitrogens with one attached hydrogen (secondary N) is 2. The third-order valence-electron chi connectivity index (χ3n) is 1.50. The second kappa shape index (κ2) is 4.61. The normalized spacial score (nSPS) is 10.0. The van der Waals surface area contributed by atoms with Gasteiger partial charge in [0.25, 0.3) is 0 Å². The lowest BCUT2D eigenvalue weighted by atomic mass is 10.4. The largest absolute Gasteiger partial charge is 0.360 e. The summed E-state index contributed by atoms with van der Waals surface area (Å²) in [7, 11) is 1.80. The zero-order valence-electron chi connectivity index (χ0n) is 7.76. The first-order chi connectivity index (χ1) is 6.22. The first-order valence-electron chi connectivity index (χ1n) is 4.10. The Morgan fingerprint density at radius 3 is 3.00 bits per heavy atom. The second-order valence-corrected chi connectivity index (χ2v) is 2.72. The highest BCUT2D eigenvalue weighted by atomic mass is 16.5. The Labute approximate surface area is 76.5 Å². The molecule has 0 radical (unpaired) electrons. The molecule has 0 aliphatic heterocycles. The molecule has 0 aliphatic rings. The lowest BCUT2D eigenvalue weighted by Gasteiger charge is -1.99. The molecule has 0 unspecified atom stereocenters. The predicted octanol–water partition coefficient (Wildman–Crippen LogP) is 0.531. The van der Waals surface area contributed by atoms with Crippen molar-refractivity contribution in [1.29, 1.82) is 0 Å². The number of nitrogens with zero attached hydrogens (tertiary/aromatic N) is 1. The smallest absolute Gasteiger partial charge is 0.226 e. The van der Waals surface area contributed by atoms with Crippen LogP contribution in [0, 0.1) is 6.92 Å². The fourth-order valence-electron chi connectivity index (χ4n) is 0.869. The van der Waals surface area contributed by atoms with Crippen molar-refractivity contribution < 1.29 is 9.32 Å². The van der Waals surface area contributed by atoms with Gasteiger partial charge in [0.1, 0.15) is 5.76 Å². The van der Waals surface area contributed by atoms with E-state index < -0.39 is 0 Å². The zero-order chi connectivity index (χ0) is 9.68. The molecule has 0 fully saturated rings. The molecule has 0 atom stereocenters. The third-order valence-corrected chi connectivity index (χ3v) is 1.50. The average molecular weight is 183 g/mol. The summed E-state index contributed by atoms with van der Waals surface area (Å²) >= 11 is 0. The number of carbonyl (C=O) groups excluding carboxylic acids is 1. The van der Waals surface area contributed by atoms with Crippen LogP contribution in [0.15, 0.2) is 10.6 Å². The lowest BCUT2D eigenvalue weighted by molar-refractivity contribution is -0.116. The SMILES string of the molecule is CNCCC(=O)Nc1cc(C)on1. The summed E-state index contributed by atoms with van der Waals surface area (Å²) in [6.07, 6.45) is 0.433. The highest BCUT2D eigenvalue weighted by Gasteiger charge is 2.04. The van der Waals surface area contributed by atoms with Crippen LogP contribution >= 0.6 is 0 Å². The molecule has 2 N–H and O–H groups in total. The van der Waals surface area contributed by atoms with Crippen molar-refractivity contribution in [2.75, 3.05) is 18.9 Å². The van der Waals surface area contributed by atoms with Gasteiger partial charge in [-0.2, -0.15) is 0 Å². The van der Waals surface area contributed by atoms with E-state index in [0.717, 1.165) is 0 Å². The number of amides is 1. The molecular formula is C8H13N3O2. The predicted molar refractivity (Wildman–Crippen MR) is 48.4 cm³/mol. The van der Waals surface area contributed by atoms with Crippen molar-refractivity contribution in [2.45, 2.75) is 13.3 Å². The molecule has 1 aromatic heterocycles. The van der Waals surface area contributed by atoms with E-state index in [2.05, 4.69) is 15.8 Å². The van der Waals surface area contributed by atoms with Crippen LogP contribution in [-0.4, -0.2) is 24.7 Å². The van der Waals surface area contributed by atoms with E-state index in [1.54, 1.807) is 20.0 Å². The first kappa shape index (κ1) is 9.73. The molecule has 1 amide bonds. The molecule has 1 rings (SSSR count). The number of hydrogen-bond acceptors (Lipinski definition) is 4. The number of aryl methyl sites for hydroxylation is 1. The Bertz CT molecular complexity index is 283. The van der Waals surface area contributed by atoms with Gasteiger partial charge in [-0.25, -0.2) is 0 Å². The molecule has 5 heteroatoms. The third kappa shape index (κ3) is 3.25. The van der Waals surface area contributed by atoms with Crippen molar-refractivity contribution in [1.82, 2.24) is 10.5 Å². The highest BCUT2D eigenvalue weighted by Crippen LogP contribution is 2.06. The molecule has 1 aromatic rings. The van der Waals surface area contributed by atoms with Gasteiger partial charge >= 0.3 is 0 Å². The van der Waals surface area contributed by atoms with E-state index in [1.807, 2.05) is 0 Å². The Morgan fingerprint density at radius 1 is 1.69 bits per heavy atom. The van der Waals surface area contributed by atoms with Crippen molar-refractivity contribution in [3.63, 3.8) is 0 Å². The Hall–Kier alpha value is -1.36. The first-order valence-corrected chi connectivity index (χ1v) is 4.10. The minimum atomic E-state index is -0.0670. The van der Waals surface area contributed by atoms with E-state index in [4.69, 9.17) is 4.52 Å². The Balaban J connectivity index is 2.36. The molecule has 72 valence electrons. The molecule has 0 bridgehead atoms. The van der Waals surface area contributed by atoms with E-state index >= 15 is 0 Å². The minimum absolute atomic E-state index is 0.0670. The number of hydrogen-bond donors (Lipinski definition) is 2. The van der Waals surface area contributed by atoms with E-state index in [-0.39, 0.29) is 5.91 Å². The molecule has 0 saturated carbocycles. The maximum atomic E-state index is 11.1. The van der Waals surface area contributed by atoms with Crippen LogP contribution in [-0.2, 0) is 4.79 Å². The molecule has 0 aromatic carbocycles. The van der Waals surface area contributed by atoms with Crippen molar-refractivity contribution >= 4 is 11.7 Å². The maximum absolute atomic E-state index is 11.1. The summed E-state index contributed by atoms with van der Waals surface area (Å²) in [5.74, 6) is 1.09. The molecule has 1 heterocycles. The van der Waals surface area contributed by atoms with Crippen molar-refractivity contribution in [2.24, 2.45) is 0 Å². The zero-order valence-corrected chi connectivity index (χ0v) is 7.76. The van der Waals surface area contributed by atoms with Gasteiger partial charge in [-0.1, -0.05) is 5.16 Å². The summed E-state index contributed by atoms with van der Waals surface area (Å²) < 4.78 is 4.79. The Kier molecular flexibility index (Phi) is 3.45. The van der Waals surface area contributed by atoms with E-state index in [9.17, 15) is 4.79 Å². The van der Waals surface area contributed by atoms with Crippen LogP contribution in [0.1, 0.15) is 12.2 Å². The Morgan fingerprint density at radius 2 is 2.46 bits per heavy atom. The van der Waals surface area contributed by atoms with Crippen molar-refractivity contribution in [3.05, 3.63) is 11.8 Å². The van der Waals surface area contributed by atoms with Gasteiger partial charge in [0.05, 0.1) is 0 Å². The highest BCUT2D eigenvalue weighted by molar-refractivity contribution is 5.89.